The van der Waals surface area contributed by atoms with Gasteiger partial charge in [0.2, 0.25) is 0 Å². The van der Waals surface area contributed by atoms with Crippen LogP contribution in [0.2, 0.25) is 0 Å². The van der Waals surface area contributed by atoms with Gasteiger partial charge in [-0.1, -0.05) is 36.4 Å². The maximum Gasteiger partial charge on any atom is 0.145 e. The van der Waals surface area contributed by atoms with Crippen LogP contribution in [-0.4, -0.2) is 42.9 Å². The van der Waals surface area contributed by atoms with Gasteiger partial charge in [-0.05, 0) is 23.3 Å². The average Bonchev–Trinajstić information content (AvgIpc) is 3.36. The molecule has 0 radical (unpaired) electrons. The molecule has 4 atom stereocenters. The van der Waals surface area contributed by atoms with E-state index in [0.717, 1.165) is 25.9 Å². The predicted octanol–water partition coefficient (Wildman–Crippen LogP) is 1.92. The molecule has 2 aromatic heterocycles. The minimum absolute atomic E-state index is 0.213. The highest BCUT2D eigenvalue weighted by molar-refractivity contribution is 5.87. The van der Waals surface area contributed by atoms with Crippen molar-refractivity contribution in [1.29, 1.82) is 0 Å². The summed E-state index contributed by atoms with van der Waals surface area (Å²) in [4.78, 5) is 23.7. The quantitative estimate of drug-likeness (QED) is 0.395. The molecule has 0 saturated heterocycles. The molecule has 0 spiro atoms. The van der Waals surface area contributed by atoms with Crippen LogP contribution in [0.5, 0.6) is 0 Å². The van der Waals surface area contributed by atoms with E-state index in [4.69, 9.17) is 0 Å². The second kappa shape index (κ2) is 7.61. The maximum atomic E-state index is 13.5. The Morgan fingerprint density at radius 3 is 1.69 bits per heavy atom. The topological polar surface area (TPSA) is 57.5 Å². The lowest BCUT2D eigenvalue weighted by Gasteiger charge is -2.31. The number of likely N-dealkylation sites (N-methyl/N-ethyl adjacent to an activating group) is 2. The van der Waals surface area contributed by atoms with Crippen molar-refractivity contribution < 1.29 is 14.6 Å². The first kappa shape index (κ1) is 19.8. The van der Waals surface area contributed by atoms with Crippen LogP contribution in [0.15, 0.2) is 48.5 Å². The number of fused-ring (bicyclic) bond motifs is 6. The van der Waals surface area contributed by atoms with E-state index in [2.05, 4.69) is 72.6 Å². The first-order chi connectivity index (χ1) is 15.6. The predicted molar refractivity (Wildman–Crippen MR) is 127 cm³/mol. The second-order valence-electron chi connectivity index (χ2n) is 9.87. The van der Waals surface area contributed by atoms with E-state index in [1.165, 1.54) is 54.1 Å². The molecule has 0 aliphatic carbocycles. The molecule has 5 nitrogen and oxygen atoms in total. The summed E-state index contributed by atoms with van der Waals surface area (Å²) < 4.78 is 0. The summed E-state index contributed by atoms with van der Waals surface area (Å²) in [5.74, 6) is 0.372. The molecule has 0 bridgehead atoms. The number of quaternary nitrogens is 2. The minimum atomic E-state index is 0.213. The molecular formula is C27H32N4O+2. The van der Waals surface area contributed by atoms with E-state index in [1.807, 2.05) is 0 Å². The SMILES string of the molecule is C[NH+]1CCc2c([nH]c3ccccc23)[C@H]1CC(=O)C[C@@H]1c2[nH]c3ccccc3c2CC[NH+]1C. The number of para-hydroxylation sites is 2. The number of nitrogens with one attached hydrogen (secondary N) is 4. The Bertz CT molecular complexity index is 1220. The van der Waals surface area contributed by atoms with Crippen molar-refractivity contribution in [3.63, 3.8) is 0 Å². The lowest BCUT2D eigenvalue weighted by Crippen LogP contribution is -3.11. The fourth-order valence-electron chi connectivity index (χ4n) is 6.15. The highest BCUT2D eigenvalue weighted by atomic mass is 16.1. The van der Waals surface area contributed by atoms with Gasteiger partial charge < -0.3 is 19.8 Å². The van der Waals surface area contributed by atoms with Crippen molar-refractivity contribution in [3.05, 3.63) is 71.0 Å². The molecule has 32 heavy (non-hydrogen) atoms. The van der Waals surface area contributed by atoms with Gasteiger partial charge in [0, 0.05) is 34.6 Å². The summed E-state index contributed by atoms with van der Waals surface area (Å²) in [5.41, 5.74) is 7.79. The molecule has 2 aromatic carbocycles. The number of H-pyrrole nitrogens is 2. The Morgan fingerprint density at radius 1 is 0.781 bits per heavy atom. The van der Waals surface area contributed by atoms with Crippen LogP contribution in [-0.2, 0) is 17.6 Å². The summed E-state index contributed by atoms with van der Waals surface area (Å²) in [6.07, 6.45) is 3.35. The molecule has 0 saturated carbocycles. The van der Waals surface area contributed by atoms with E-state index in [9.17, 15) is 4.79 Å². The van der Waals surface area contributed by atoms with Gasteiger partial charge >= 0.3 is 0 Å². The third-order valence-electron chi connectivity index (χ3n) is 7.98. The zero-order chi connectivity index (χ0) is 21.8. The largest absolute Gasteiger partial charge is 0.353 e. The van der Waals surface area contributed by atoms with Gasteiger partial charge in [0.05, 0.1) is 51.4 Å². The first-order valence-electron chi connectivity index (χ1n) is 12.0. The number of aromatic amines is 2. The van der Waals surface area contributed by atoms with Crippen molar-refractivity contribution in [2.24, 2.45) is 0 Å². The van der Waals surface area contributed by atoms with Gasteiger partial charge in [-0.3, -0.25) is 4.79 Å². The standard InChI is InChI=1S/C27H30N4O/c1-30-13-11-20-18-7-3-5-9-22(18)28-26(20)24(30)15-17(32)16-25-27-21(12-14-31(25)2)19-8-4-6-10-23(19)29-27/h3-10,24-25,28-29H,11-16H2,1-2H3/p+2/t24-,25-/m1/s1. The van der Waals surface area contributed by atoms with Crippen LogP contribution in [0.4, 0.5) is 0 Å². The van der Waals surface area contributed by atoms with E-state index in [0.29, 0.717) is 18.6 Å². The molecule has 2 aliphatic rings. The van der Waals surface area contributed by atoms with Gasteiger partial charge in [-0.25, -0.2) is 0 Å². The number of ketones is 1. The third kappa shape index (κ3) is 3.11. The number of rotatable bonds is 4. The van der Waals surface area contributed by atoms with Crippen LogP contribution in [0, 0.1) is 0 Å². The summed E-state index contributed by atoms with van der Waals surface area (Å²) in [6.45, 7) is 2.15. The smallest absolute Gasteiger partial charge is 0.145 e. The first-order valence-corrected chi connectivity index (χ1v) is 12.0. The number of Topliss-reactive ketones (excluding diaryl/α,β-unsaturated/α-hetero) is 1. The summed E-state index contributed by atoms with van der Waals surface area (Å²) in [7, 11) is 4.47. The molecule has 2 aliphatic heterocycles. The van der Waals surface area contributed by atoms with Crippen LogP contribution in [0.25, 0.3) is 21.8 Å². The third-order valence-corrected chi connectivity index (χ3v) is 7.98. The van der Waals surface area contributed by atoms with Gasteiger partial charge in [-0.15, -0.1) is 0 Å². The molecule has 4 heterocycles. The second-order valence-corrected chi connectivity index (χ2v) is 9.87. The fourth-order valence-corrected chi connectivity index (χ4v) is 6.15. The Kier molecular flexibility index (Phi) is 4.70. The Labute approximate surface area is 188 Å². The summed E-state index contributed by atoms with van der Waals surface area (Å²) in [5, 5.41) is 2.65. The Balaban J connectivity index is 1.28. The number of aromatic nitrogens is 2. The zero-order valence-corrected chi connectivity index (χ0v) is 18.9. The molecule has 2 unspecified atom stereocenters. The number of hydrogen-bond acceptors (Lipinski definition) is 1. The van der Waals surface area contributed by atoms with Crippen LogP contribution in [0.3, 0.4) is 0 Å². The van der Waals surface area contributed by atoms with Crippen LogP contribution < -0.4 is 9.80 Å². The summed E-state index contributed by atoms with van der Waals surface area (Å²) in [6, 6.07) is 17.5. The van der Waals surface area contributed by atoms with Crippen molar-refractivity contribution in [1.82, 2.24) is 9.97 Å². The lowest BCUT2D eigenvalue weighted by atomic mass is 9.90. The summed E-state index contributed by atoms with van der Waals surface area (Å²) >= 11 is 0. The highest BCUT2D eigenvalue weighted by Crippen LogP contribution is 2.32. The minimum Gasteiger partial charge on any atom is -0.353 e. The molecule has 0 amide bonds. The molecule has 4 aromatic rings. The van der Waals surface area contributed by atoms with Gasteiger partial charge in [0.25, 0.3) is 0 Å². The average molecular weight is 429 g/mol. The Morgan fingerprint density at radius 2 is 1.22 bits per heavy atom. The van der Waals surface area contributed by atoms with Crippen molar-refractivity contribution in [3.8, 4) is 0 Å². The number of hydrogen-bond donors (Lipinski definition) is 4. The molecule has 164 valence electrons. The molecule has 5 heteroatoms. The molecule has 0 fully saturated rings. The van der Waals surface area contributed by atoms with Crippen molar-refractivity contribution in [2.45, 2.75) is 37.8 Å². The molecular weight excluding hydrogens is 396 g/mol. The monoisotopic (exact) mass is 428 g/mol. The van der Waals surface area contributed by atoms with Crippen LogP contribution >= 0.6 is 0 Å². The molecule has 6 rings (SSSR count). The van der Waals surface area contributed by atoms with Crippen molar-refractivity contribution in [2.75, 3.05) is 27.2 Å². The molecule has 4 N–H and O–H groups in total. The zero-order valence-electron chi connectivity index (χ0n) is 18.9. The Hall–Kier alpha value is -2.89. The van der Waals surface area contributed by atoms with Gasteiger partial charge in [0.1, 0.15) is 17.9 Å². The normalized spacial score (nSPS) is 25.1. The van der Waals surface area contributed by atoms with E-state index < -0.39 is 0 Å². The van der Waals surface area contributed by atoms with E-state index in [-0.39, 0.29) is 12.1 Å². The lowest BCUT2D eigenvalue weighted by molar-refractivity contribution is -0.915. The maximum absolute atomic E-state index is 13.5. The highest BCUT2D eigenvalue weighted by Gasteiger charge is 2.37. The number of carbonyl (C=O) groups is 1. The van der Waals surface area contributed by atoms with Crippen molar-refractivity contribution >= 4 is 27.6 Å². The van der Waals surface area contributed by atoms with Crippen LogP contribution in [0.1, 0.15) is 47.4 Å². The van der Waals surface area contributed by atoms with Gasteiger partial charge in [-0.2, -0.15) is 0 Å². The van der Waals surface area contributed by atoms with Gasteiger partial charge in [0.15, 0.2) is 0 Å². The van der Waals surface area contributed by atoms with E-state index >= 15 is 0 Å². The fraction of sp³-hybridized carbons (Fsp3) is 0.370. The number of benzene rings is 2. The van der Waals surface area contributed by atoms with E-state index in [1.54, 1.807) is 0 Å². The number of carbonyl (C=O) groups excluding carboxylic acids is 1.